The second-order valence-electron chi connectivity index (χ2n) is 6.34. The van der Waals surface area contributed by atoms with Crippen LogP contribution in [0.1, 0.15) is 36.3 Å². The van der Waals surface area contributed by atoms with Gasteiger partial charge in [0.05, 0.1) is 4.90 Å². The van der Waals surface area contributed by atoms with Crippen LogP contribution in [-0.4, -0.2) is 41.9 Å². The highest BCUT2D eigenvalue weighted by atomic mass is 32.2. The highest BCUT2D eigenvalue weighted by Crippen LogP contribution is 2.21. The first kappa shape index (κ1) is 19.7. The van der Waals surface area contributed by atoms with E-state index in [1.54, 1.807) is 34.6 Å². The van der Waals surface area contributed by atoms with Crippen LogP contribution in [0.2, 0.25) is 0 Å². The molecule has 2 heterocycles. The van der Waals surface area contributed by atoms with Crippen LogP contribution in [0.4, 0.5) is 5.13 Å². The maximum absolute atomic E-state index is 12.8. The van der Waals surface area contributed by atoms with Gasteiger partial charge in [-0.3, -0.25) is 10.1 Å². The summed E-state index contributed by atoms with van der Waals surface area (Å²) in [7, 11) is -3.46. The molecule has 1 saturated heterocycles. The Labute approximate surface area is 163 Å². The number of sulfonamides is 1. The highest BCUT2D eigenvalue weighted by molar-refractivity contribution is 7.89. The third kappa shape index (κ3) is 5.21. The molecular weight excluding hydrogens is 384 g/mol. The number of amides is 1. The van der Waals surface area contributed by atoms with Gasteiger partial charge in [0, 0.05) is 19.2 Å². The SMILES string of the molecule is Cc1nnc(NC(=O)/C=C/c2ccc(S(=O)(=O)N3CCCCCC3)cc2)s1. The van der Waals surface area contributed by atoms with Gasteiger partial charge in [0.1, 0.15) is 5.01 Å². The number of rotatable bonds is 5. The molecule has 144 valence electrons. The van der Waals surface area contributed by atoms with E-state index in [9.17, 15) is 13.2 Å². The Kier molecular flexibility index (Phi) is 6.35. The van der Waals surface area contributed by atoms with Gasteiger partial charge in [0.25, 0.3) is 0 Å². The summed E-state index contributed by atoms with van der Waals surface area (Å²) in [4.78, 5) is 12.2. The van der Waals surface area contributed by atoms with Crippen LogP contribution in [0.25, 0.3) is 6.08 Å². The number of nitrogens with one attached hydrogen (secondary N) is 1. The maximum Gasteiger partial charge on any atom is 0.250 e. The van der Waals surface area contributed by atoms with Gasteiger partial charge in [-0.25, -0.2) is 8.42 Å². The lowest BCUT2D eigenvalue weighted by Crippen LogP contribution is -2.31. The number of hydrogen-bond donors (Lipinski definition) is 1. The lowest BCUT2D eigenvalue weighted by Gasteiger charge is -2.19. The molecule has 0 atom stereocenters. The molecule has 0 spiro atoms. The Morgan fingerprint density at radius 2 is 1.78 bits per heavy atom. The number of anilines is 1. The Morgan fingerprint density at radius 3 is 2.37 bits per heavy atom. The molecule has 9 heteroatoms. The van der Waals surface area contributed by atoms with E-state index in [4.69, 9.17) is 0 Å². The van der Waals surface area contributed by atoms with Crippen molar-refractivity contribution in [1.82, 2.24) is 14.5 Å². The summed E-state index contributed by atoms with van der Waals surface area (Å²) in [5.41, 5.74) is 0.744. The van der Waals surface area contributed by atoms with Gasteiger partial charge in [-0.05, 0) is 43.5 Å². The normalized spacial score (nSPS) is 16.3. The van der Waals surface area contributed by atoms with Crippen molar-refractivity contribution in [2.45, 2.75) is 37.5 Å². The summed E-state index contributed by atoms with van der Waals surface area (Å²) in [5, 5.41) is 11.5. The molecule has 0 aliphatic carbocycles. The Balaban J connectivity index is 1.64. The standard InChI is InChI=1S/C18H22N4O3S2/c1-14-20-21-18(26-14)19-17(23)11-8-15-6-9-16(10-7-15)27(24,25)22-12-4-2-3-5-13-22/h6-11H,2-5,12-13H2,1H3,(H,19,21,23)/b11-8+. The molecule has 1 aliphatic heterocycles. The minimum absolute atomic E-state index is 0.287. The van der Waals surface area contributed by atoms with E-state index >= 15 is 0 Å². The van der Waals surface area contributed by atoms with Crippen molar-refractivity contribution >= 4 is 38.5 Å². The second-order valence-corrected chi connectivity index (χ2v) is 9.46. The highest BCUT2D eigenvalue weighted by Gasteiger charge is 2.24. The average molecular weight is 407 g/mol. The smallest absolute Gasteiger partial charge is 0.250 e. The maximum atomic E-state index is 12.8. The average Bonchev–Trinajstić information content (AvgIpc) is 2.88. The predicted octanol–water partition coefficient (Wildman–Crippen LogP) is 3.06. The number of nitrogens with zero attached hydrogens (tertiary/aromatic N) is 3. The fourth-order valence-corrected chi connectivity index (χ4v) is 4.96. The second kappa shape index (κ2) is 8.73. The summed E-state index contributed by atoms with van der Waals surface area (Å²) >= 11 is 1.30. The Morgan fingerprint density at radius 1 is 1.11 bits per heavy atom. The van der Waals surface area contributed by atoms with Gasteiger partial charge in [0.2, 0.25) is 21.1 Å². The molecular formula is C18H22N4O3S2. The van der Waals surface area contributed by atoms with E-state index in [0.717, 1.165) is 36.3 Å². The van der Waals surface area contributed by atoms with Crippen LogP contribution in [0.15, 0.2) is 35.2 Å². The molecule has 1 N–H and O–H groups in total. The monoisotopic (exact) mass is 406 g/mol. The summed E-state index contributed by atoms with van der Waals surface area (Å²) in [6, 6.07) is 6.57. The van der Waals surface area contributed by atoms with Gasteiger partial charge in [-0.1, -0.05) is 36.3 Å². The first-order chi connectivity index (χ1) is 12.9. The van der Waals surface area contributed by atoms with Gasteiger partial charge >= 0.3 is 0 Å². The minimum atomic E-state index is -3.46. The van der Waals surface area contributed by atoms with E-state index in [1.165, 1.54) is 17.4 Å². The van der Waals surface area contributed by atoms with Crippen LogP contribution in [0, 0.1) is 6.92 Å². The molecule has 27 heavy (non-hydrogen) atoms. The van der Waals surface area contributed by atoms with Gasteiger partial charge < -0.3 is 0 Å². The Bertz CT molecular complexity index is 912. The van der Waals surface area contributed by atoms with Crippen molar-refractivity contribution in [3.63, 3.8) is 0 Å². The molecule has 1 aliphatic rings. The first-order valence-corrected chi connectivity index (χ1v) is 11.1. The molecule has 7 nitrogen and oxygen atoms in total. The van der Waals surface area contributed by atoms with Crippen molar-refractivity contribution < 1.29 is 13.2 Å². The van der Waals surface area contributed by atoms with E-state index < -0.39 is 10.0 Å². The van der Waals surface area contributed by atoms with Crippen LogP contribution in [0.3, 0.4) is 0 Å². The molecule has 1 aromatic heterocycles. The number of aryl methyl sites for hydroxylation is 1. The number of carbonyl (C=O) groups excluding carboxylic acids is 1. The summed E-state index contributed by atoms with van der Waals surface area (Å²) in [5.74, 6) is -0.313. The molecule has 0 bridgehead atoms. The van der Waals surface area contributed by atoms with E-state index in [1.807, 2.05) is 6.92 Å². The zero-order valence-corrected chi connectivity index (χ0v) is 16.7. The lowest BCUT2D eigenvalue weighted by molar-refractivity contribution is -0.111. The fourth-order valence-electron chi connectivity index (χ4n) is 2.85. The largest absolute Gasteiger partial charge is 0.297 e. The molecule has 1 aromatic carbocycles. The zero-order chi connectivity index (χ0) is 19.3. The topological polar surface area (TPSA) is 92.3 Å². The number of benzene rings is 1. The van der Waals surface area contributed by atoms with Crippen molar-refractivity contribution in [3.05, 3.63) is 40.9 Å². The molecule has 0 saturated carbocycles. The Hall–Kier alpha value is -2.10. The van der Waals surface area contributed by atoms with Crippen molar-refractivity contribution in [2.75, 3.05) is 18.4 Å². The third-order valence-electron chi connectivity index (χ3n) is 4.27. The molecule has 0 unspecified atom stereocenters. The van der Waals surface area contributed by atoms with E-state index in [2.05, 4.69) is 15.5 Å². The summed E-state index contributed by atoms with van der Waals surface area (Å²) in [6.07, 6.45) is 6.98. The van der Waals surface area contributed by atoms with Crippen molar-refractivity contribution in [3.8, 4) is 0 Å². The minimum Gasteiger partial charge on any atom is -0.297 e. The summed E-state index contributed by atoms with van der Waals surface area (Å²) < 4.78 is 27.1. The van der Waals surface area contributed by atoms with Crippen molar-refractivity contribution in [1.29, 1.82) is 0 Å². The molecule has 1 fully saturated rings. The first-order valence-electron chi connectivity index (χ1n) is 8.84. The number of hydrogen-bond acceptors (Lipinski definition) is 6. The predicted molar refractivity (Wildman–Crippen MR) is 106 cm³/mol. The van der Waals surface area contributed by atoms with Gasteiger partial charge in [0.15, 0.2) is 0 Å². The third-order valence-corrected chi connectivity index (χ3v) is 6.93. The van der Waals surface area contributed by atoms with E-state index in [-0.39, 0.29) is 10.8 Å². The molecule has 2 aromatic rings. The van der Waals surface area contributed by atoms with Crippen LogP contribution in [-0.2, 0) is 14.8 Å². The quantitative estimate of drug-likeness (QED) is 0.771. The van der Waals surface area contributed by atoms with Gasteiger partial charge in [-0.2, -0.15) is 4.31 Å². The van der Waals surface area contributed by atoms with Crippen LogP contribution in [0.5, 0.6) is 0 Å². The van der Waals surface area contributed by atoms with E-state index in [0.29, 0.717) is 18.2 Å². The summed E-state index contributed by atoms with van der Waals surface area (Å²) in [6.45, 7) is 2.97. The van der Waals surface area contributed by atoms with Gasteiger partial charge in [-0.15, -0.1) is 10.2 Å². The number of carbonyl (C=O) groups is 1. The van der Waals surface area contributed by atoms with Crippen LogP contribution >= 0.6 is 11.3 Å². The van der Waals surface area contributed by atoms with Crippen molar-refractivity contribution in [2.24, 2.45) is 0 Å². The molecule has 1 amide bonds. The zero-order valence-electron chi connectivity index (χ0n) is 15.1. The molecule has 0 radical (unpaired) electrons. The lowest BCUT2D eigenvalue weighted by atomic mass is 10.2. The fraction of sp³-hybridized carbons (Fsp3) is 0.389. The van der Waals surface area contributed by atoms with Crippen LogP contribution < -0.4 is 5.32 Å². The molecule has 3 rings (SSSR count). The number of aromatic nitrogens is 2.